The monoisotopic (exact) mass is 369 g/mol. The lowest BCUT2D eigenvalue weighted by Gasteiger charge is -2.17. The first-order chi connectivity index (χ1) is 10.0. The van der Waals surface area contributed by atoms with Crippen LogP contribution in [0.2, 0.25) is 5.02 Å². The zero-order chi connectivity index (χ0) is 15.4. The van der Waals surface area contributed by atoms with Gasteiger partial charge in [0.15, 0.2) is 0 Å². The van der Waals surface area contributed by atoms with Crippen molar-refractivity contribution >= 4 is 33.2 Å². The number of ether oxygens (including phenoxy) is 1. The Morgan fingerprint density at radius 3 is 2.76 bits per heavy atom. The number of aliphatic hydroxyl groups excluding tert-OH is 1. The highest BCUT2D eigenvalue weighted by Crippen LogP contribution is 2.29. The van der Waals surface area contributed by atoms with Crippen molar-refractivity contribution in [3.63, 3.8) is 0 Å². The van der Waals surface area contributed by atoms with Crippen molar-refractivity contribution in [3.8, 4) is 5.75 Å². The summed E-state index contributed by atoms with van der Waals surface area (Å²) in [4.78, 5) is 0. The Morgan fingerprint density at radius 2 is 2.05 bits per heavy atom. The quantitative estimate of drug-likeness (QED) is 0.810. The number of anilines is 1. The van der Waals surface area contributed by atoms with Gasteiger partial charge in [0.25, 0.3) is 0 Å². The van der Waals surface area contributed by atoms with Crippen molar-refractivity contribution in [2.24, 2.45) is 0 Å². The molecule has 0 amide bonds. The summed E-state index contributed by atoms with van der Waals surface area (Å²) in [5, 5.41) is 14.1. The highest BCUT2D eigenvalue weighted by Gasteiger charge is 2.14. The van der Waals surface area contributed by atoms with Crippen LogP contribution in [0.25, 0.3) is 0 Å². The average molecular weight is 371 g/mol. The third kappa shape index (κ3) is 4.13. The topological polar surface area (TPSA) is 41.5 Å². The molecule has 0 saturated carbocycles. The van der Waals surface area contributed by atoms with Gasteiger partial charge in [0.05, 0.1) is 23.9 Å². The van der Waals surface area contributed by atoms with Crippen LogP contribution in [0.1, 0.15) is 17.2 Å². The van der Waals surface area contributed by atoms with Gasteiger partial charge in [-0.05, 0) is 37.3 Å². The molecule has 2 rings (SSSR count). The van der Waals surface area contributed by atoms with Crippen molar-refractivity contribution in [1.29, 1.82) is 0 Å². The lowest BCUT2D eigenvalue weighted by Crippen LogP contribution is -2.13. The summed E-state index contributed by atoms with van der Waals surface area (Å²) in [6.45, 7) is 2.32. The molecule has 0 fully saturated rings. The van der Waals surface area contributed by atoms with Gasteiger partial charge >= 0.3 is 0 Å². The molecule has 2 aromatic rings. The molecule has 0 heterocycles. The van der Waals surface area contributed by atoms with E-state index in [9.17, 15) is 5.11 Å². The molecule has 0 aliphatic heterocycles. The van der Waals surface area contributed by atoms with Gasteiger partial charge in [-0.15, -0.1) is 0 Å². The van der Waals surface area contributed by atoms with E-state index in [4.69, 9.17) is 16.3 Å². The van der Waals surface area contributed by atoms with Gasteiger partial charge in [-0.1, -0.05) is 39.2 Å². The van der Waals surface area contributed by atoms with E-state index in [2.05, 4.69) is 21.2 Å². The molecule has 2 N–H and O–H groups in total. The lowest BCUT2D eigenvalue weighted by atomic mass is 10.1. The van der Waals surface area contributed by atoms with Crippen molar-refractivity contribution in [2.45, 2.75) is 13.0 Å². The van der Waals surface area contributed by atoms with E-state index in [-0.39, 0.29) is 0 Å². The van der Waals surface area contributed by atoms with E-state index in [1.54, 1.807) is 13.2 Å². The van der Waals surface area contributed by atoms with Gasteiger partial charge in [-0.2, -0.15) is 0 Å². The van der Waals surface area contributed by atoms with Crippen molar-refractivity contribution in [2.75, 3.05) is 19.0 Å². The number of benzene rings is 2. The second-order valence-electron chi connectivity index (χ2n) is 4.77. The standard InChI is InChI=1S/C16H17BrClNO2/c1-10-3-6-16(21-2)12(7-10)15(20)9-19-14-8-11(17)4-5-13(14)18/h3-8,15,19-20H,9H2,1-2H3. The molecule has 2 aromatic carbocycles. The molecule has 112 valence electrons. The maximum absolute atomic E-state index is 10.4. The highest BCUT2D eigenvalue weighted by atomic mass is 79.9. The molecule has 0 aromatic heterocycles. The Morgan fingerprint density at radius 1 is 1.29 bits per heavy atom. The normalized spacial score (nSPS) is 12.0. The van der Waals surface area contributed by atoms with Gasteiger partial charge < -0.3 is 15.2 Å². The summed E-state index contributed by atoms with van der Waals surface area (Å²) in [7, 11) is 1.60. The van der Waals surface area contributed by atoms with Crippen molar-refractivity contribution in [3.05, 3.63) is 57.0 Å². The summed E-state index contributed by atoms with van der Waals surface area (Å²) in [5.41, 5.74) is 2.61. The zero-order valence-corrected chi connectivity index (χ0v) is 14.2. The highest BCUT2D eigenvalue weighted by molar-refractivity contribution is 9.10. The molecule has 0 spiro atoms. The average Bonchev–Trinajstić information content (AvgIpc) is 2.47. The molecule has 0 radical (unpaired) electrons. The molecule has 0 aliphatic carbocycles. The SMILES string of the molecule is COc1ccc(C)cc1C(O)CNc1cc(Br)ccc1Cl. The van der Waals surface area contributed by atoms with E-state index < -0.39 is 6.10 Å². The summed E-state index contributed by atoms with van der Waals surface area (Å²) in [5.74, 6) is 0.676. The minimum absolute atomic E-state index is 0.343. The van der Waals surface area contributed by atoms with Gasteiger partial charge in [-0.25, -0.2) is 0 Å². The van der Waals surface area contributed by atoms with E-state index in [1.165, 1.54) is 0 Å². The fraction of sp³-hybridized carbons (Fsp3) is 0.250. The molecular formula is C16H17BrClNO2. The molecule has 0 aliphatic rings. The number of methoxy groups -OCH3 is 1. The Labute approximate surface area is 138 Å². The third-order valence-corrected chi connectivity index (χ3v) is 3.98. The Bertz CT molecular complexity index is 634. The Kier molecular flexibility index (Phi) is 5.51. The molecule has 3 nitrogen and oxygen atoms in total. The molecule has 1 unspecified atom stereocenters. The van der Waals surface area contributed by atoms with Gasteiger partial charge in [-0.3, -0.25) is 0 Å². The van der Waals surface area contributed by atoms with E-state index in [1.807, 2.05) is 37.3 Å². The first-order valence-electron chi connectivity index (χ1n) is 6.53. The molecule has 1 atom stereocenters. The molecular weight excluding hydrogens is 354 g/mol. The van der Waals surface area contributed by atoms with Crippen molar-refractivity contribution < 1.29 is 9.84 Å². The fourth-order valence-corrected chi connectivity index (χ4v) is 2.61. The molecule has 0 saturated heterocycles. The summed E-state index contributed by atoms with van der Waals surface area (Å²) in [6.07, 6.45) is -0.685. The Hall–Kier alpha value is -1.23. The summed E-state index contributed by atoms with van der Waals surface area (Å²) >= 11 is 9.52. The number of nitrogens with one attached hydrogen (secondary N) is 1. The van der Waals surface area contributed by atoms with Crippen LogP contribution in [-0.2, 0) is 0 Å². The van der Waals surface area contributed by atoms with Crippen LogP contribution in [0.15, 0.2) is 40.9 Å². The van der Waals surface area contributed by atoms with Crippen LogP contribution in [0.5, 0.6) is 5.75 Å². The second-order valence-corrected chi connectivity index (χ2v) is 6.09. The van der Waals surface area contributed by atoms with Crippen LogP contribution in [0.3, 0.4) is 0 Å². The fourth-order valence-electron chi connectivity index (χ4n) is 2.06. The minimum Gasteiger partial charge on any atom is -0.496 e. The number of hydrogen-bond donors (Lipinski definition) is 2. The maximum Gasteiger partial charge on any atom is 0.124 e. The first kappa shape index (κ1) is 16.1. The number of aryl methyl sites for hydroxylation is 1. The van der Waals surface area contributed by atoms with Crippen LogP contribution in [0.4, 0.5) is 5.69 Å². The lowest BCUT2D eigenvalue weighted by molar-refractivity contribution is 0.187. The smallest absolute Gasteiger partial charge is 0.124 e. The first-order valence-corrected chi connectivity index (χ1v) is 7.70. The van der Waals surface area contributed by atoms with Crippen molar-refractivity contribution in [1.82, 2.24) is 0 Å². The molecule has 5 heteroatoms. The number of hydrogen-bond acceptors (Lipinski definition) is 3. The summed E-state index contributed by atoms with van der Waals surface area (Å²) < 4.78 is 6.22. The van der Waals surface area contributed by atoms with E-state index in [0.717, 1.165) is 21.3 Å². The van der Waals surface area contributed by atoms with E-state index >= 15 is 0 Å². The number of aliphatic hydroxyl groups is 1. The predicted molar refractivity (Wildman–Crippen MR) is 90.3 cm³/mol. The second kappa shape index (κ2) is 7.16. The molecule has 21 heavy (non-hydrogen) atoms. The summed E-state index contributed by atoms with van der Waals surface area (Å²) in [6, 6.07) is 11.3. The maximum atomic E-state index is 10.4. The van der Waals surface area contributed by atoms with Crippen LogP contribution >= 0.6 is 27.5 Å². The largest absolute Gasteiger partial charge is 0.496 e. The van der Waals surface area contributed by atoms with Gasteiger partial charge in [0.1, 0.15) is 5.75 Å². The van der Waals surface area contributed by atoms with Crippen LogP contribution in [-0.4, -0.2) is 18.8 Å². The zero-order valence-electron chi connectivity index (χ0n) is 11.9. The van der Waals surface area contributed by atoms with Crippen LogP contribution in [0, 0.1) is 6.92 Å². The number of rotatable bonds is 5. The van der Waals surface area contributed by atoms with Gasteiger partial charge in [0, 0.05) is 16.6 Å². The molecule has 0 bridgehead atoms. The third-order valence-electron chi connectivity index (χ3n) is 3.16. The van der Waals surface area contributed by atoms with Crippen LogP contribution < -0.4 is 10.1 Å². The minimum atomic E-state index is -0.685. The Balaban J connectivity index is 2.13. The number of halogens is 2. The van der Waals surface area contributed by atoms with E-state index in [0.29, 0.717) is 17.3 Å². The predicted octanol–water partition coefficient (Wildman–Crippen LogP) is 4.57. The van der Waals surface area contributed by atoms with Gasteiger partial charge in [0.2, 0.25) is 0 Å².